The smallest absolute Gasteiger partial charge is 0.212 e. The molecule has 96 valence electrons. The Bertz CT molecular complexity index is 521. The predicted molar refractivity (Wildman–Crippen MR) is 69.3 cm³/mol. The molecule has 0 aliphatic carbocycles. The van der Waals surface area contributed by atoms with Crippen molar-refractivity contribution < 1.29 is 4.74 Å². The summed E-state index contributed by atoms with van der Waals surface area (Å²) in [6.07, 6.45) is 0. The molecule has 5 nitrogen and oxygen atoms in total. The van der Waals surface area contributed by atoms with Gasteiger partial charge in [0.15, 0.2) is 0 Å². The second-order valence-electron chi connectivity index (χ2n) is 4.19. The Kier molecular flexibility index (Phi) is 3.94. The van der Waals surface area contributed by atoms with Gasteiger partial charge in [0, 0.05) is 19.7 Å². The molecule has 0 amide bonds. The van der Waals surface area contributed by atoms with Gasteiger partial charge in [0.1, 0.15) is 6.61 Å². The molecule has 0 saturated heterocycles. The average molecular weight is 246 g/mol. The van der Waals surface area contributed by atoms with Gasteiger partial charge in [-0.25, -0.2) is 4.68 Å². The first-order valence-electron chi connectivity index (χ1n) is 5.92. The van der Waals surface area contributed by atoms with Crippen LogP contribution in [0.4, 0.5) is 0 Å². The zero-order valence-corrected chi connectivity index (χ0v) is 11.0. The number of pyridine rings is 1. The van der Waals surface area contributed by atoms with Crippen LogP contribution in [0.15, 0.2) is 24.3 Å². The lowest BCUT2D eigenvalue weighted by atomic mass is 10.3. The largest absolute Gasteiger partial charge is 0.471 e. The molecule has 0 fully saturated rings. The fourth-order valence-corrected chi connectivity index (χ4v) is 1.76. The van der Waals surface area contributed by atoms with Crippen molar-refractivity contribution >= 4 is 0 Å². The molecule has 1 N–H and O–H groups in total. The monoisotopic (exact) mass is 246 g/mol. The van der Waals surface area contributed by atoms with Crippen molar-refractivity contribution in [1.29, 1.82) is 0 Å². The molecule has 0 aromatic carbocycles. The Morgan fingerprint density at radius 1 is 1.33 bits per heavy atom. The Morgan fingerprint density at radius 2 is 2.11 bits per heavy atom. The van der Waals surface area contributed by atoms with Gasteiger partial charge in [-0.1, -0.05) is 6.07 Å². The standard InChI is InChI=1S/C13H18N4O/c1-10-7-13(17(3)16-10)18-9-12-6-4-5-11(15-12)8-14-2/h4-7,14H,8-9H2,1-3H3. The summed E-state index contributed by atoms with van der Waals surface area (Å²) in [5.41, 5.74) is 2.88. The first-order valence-corrected chi connectivity index (χ1v) is 5.92. The number of ether oxygens (including phenoxy) is 1. The van der Waals surface area contributed by atoms with Crippen LogP contribution in [0.25, 0.3) is 0 Å². The lowest BCUT2D eigenvalue weighted by Crippen LogP contribution is -2.09. The van der Waals surface area contributed by atoms with Crippen LogP contribution < -0.4 is 10.1 Å². The number of aromatic nitrogens is 3. The van der Waals surface area contributed by atoms with Crippen molar-refractivity contribution in [3.63, 3.8) is 0 Å². The minimum absolute atomic E-state index is 0.455. The molecule has 0 saturated carbocycles. The SMILES string of the molecule is CNCc1cccc(COc2cc(C)nn2C)n1. The summed E-state index contributed by atoms with van der Waals surface area (Å²) in [6, 6.07) is 7.86. The summed E-state index contributed by atoms with van der Waals surface area (Å²) in [7, 11) is 3.77. The van der Waals surface area contributed by atoms with Gasteiger partial charge in [0.2, 0.25) is 5.88 Å². The zero-order valence-electron chi connectivity index (χ0n) is 11.0. The van der Waals surface area contributed by atoms with Crippen molar-refractivity contribution in [3.05, 3.63) is 41.3 Å². The van der Waals surface area contributed by atoms with E-state index in [1.165, 1.54) is 0 Å². The quantitative estimate of drug-likeness (QED) is 0.867. The predicted octanol–water partition coefficient (Wildman–Crippen LogP) is 1.42. The molecule has 0 unspecified atom stereocenters. The Hall–Kier alpha value is -1.88. The molecule has 0 radical (unpaired) electrons. The van der Waals surface area contributed by atoms with Gasteiger partial charge in [0.05, 0.1) is 17.1 Å². The maximum atomic E-state index is 5.69. The maximum Gasteiger partial charge on any atom is 0.212 e. The van der Waals surface area contributed by atoms with Crippen molar-refractivity contribution in [2.45, 2.75) is 20.1 Å². The minimum Gasteiger partial charge on any atom is -0.471 e. The van der Waals surface area contributed by atoms with Gasteiger partial charge < -0.3 is 10.1 Å². The second-order valence-corrected chi connectivity index (χ2v) is 4.19. The Labute approximate surface area is 107 Å². The van der Waals surface area contributed by atoms with E-state index < -0.39 is 0 Å². The van der Waals surface area contributed by atoms with Gasteiger partial charge in [-0.15, -0.1) is 0 Å². The highest BCUT2D eigenvalue weighted by molar-refractivity contribution is 5.16. The Balaban J connectivity index is 2.01. The highest BCUT2D eigenvalue weighted by Gasteiger charge is 2.04. The summed E-state index contributed by atoms with van der Waals surface area (Å²) in [6.45, 7) is 3.16. The molecule has 0 aliphatic rings. The first kappa shape index (κ1) is 12.6. The fraction of sp³-hybridized carbons (Fsp3) is 0.385. The van der Waals surface area contributed by atoms with E-state index in [9.17, 15) is 0 Å². The topological polar surface area (TPSA) is 52.0 Å². The molecule has 5 heteroatoms. The van der Waals surface area contributed by atoms with Crippen LogP contribution in [0.3, 0.4) is 0 Å². The zero-order chi connectivity index (χ0) is 13.0. The maximum absolute atomic E-state index is 5.69. The van der Waals surface area contributed by atoms with Crippen LogP contribution in [0.2, 0.25) is 0 Å². The van der Waals surface area contributed by atoms with Crippen molar-refractivity contribution in [2.24, 2.45) is 7.05 Å². The summed E-state index contributed by atoms with van der Waals surface area (Å²) < 4.78 is 7.42. The van der Waals surface area contributed by atoms with E-state index in [1.54, 1.807) is 4.68 Å². The van der Waals surface area contributed by atoms with Gasteiger partial charge >= 0.3 is 0 Å². The summed E-state index contributed by atoms with van der Waals surface area (Å²) in [5, 5.41) is 7.31. The molecule has 2 heterocycles. The summed E-state index contributed by atoms with van der Waals surface area (Å²) in [4.78, 5) is 4.50. The van der Waals surface area contributed by atoms with E-state index in [-0.39, 0.29) is 0 Å². The molecular weight excluding hydrogens is 228 g/mol. The van der Waals surface area contributed by atoms with Gasteiger partial charge in [-0.2, -0.15) is 5.10 Å². The molecule has 0 bridgehead atoms. The number of hydrogen-bond acceptors (Lipinski definition) is 4. The second kappa shape index (κ2) is 5.64. The Morgan fingerprint density at radius 3 is 2.78 bits per heavy atom. The van der Waals surface area contributed by atoms with E-state index >= 15 is 0 Å². The van der Waals surface area contributed by atoms with Gasteiger partial charge in [-0.3, -0.25) is 4.98 Å². The molecule has 0 atom stereocenters. The highest BCUT2D eigenvalue weighted by Crippen LogP contribution is 2.12. The van der Waals surface area contributed by atoms with Crippen molar-refractivity contribution in [2.75, 3.05) is 7.05 Å². The molecular formula is C13H18N4O. The van der Waals surface area contributed by atoms with Crippen molar-refractivity contribution in [3.8, 4) is 5.88 Å². The third-order valence-corrected chi connectivity index (χ3v) is 2.55. The number of hydrogen-bond donors (Lipinski definition) is 1. The number of nitrogens with one attached hydrogen (secondary N) is 1. The minimum atomic E-state index is 0.455. The number of rotatable bonds is 5. The third-order valence-electron chi connectivity index (χ3n) is 2.55. The molecule has 2 aromatic heterocycles. The molecule has 2 rings (SSSR count). The van der Waals surface area contributed by atoms with Crippen LogP contribution in [-0.2, 0) is 20.2 Å². The van der Waals surface area contributed by atoms with E-state index in [4.69, 9.17) is 4.74 Å². The van der Waals surface area contributed by atoms with Crippen LogP contribution in [0, 0.1) is 6.92 Å². The lowest BCUT2D eigenvalue weighted by Gasteiger charge is -2.06. The lowest BCUT2D eigenvalue weighted by molar-refractivity contribution is 0.274. The van der Waals surface area contributed by atoms with Gasteiger partial charge in [-0.05, 0) is 26.1 Å². The van der Waals surface area contributed by atoms with E-state index in [1.807, 2.05) is 45.3 Å². The molecule has 18 heavy (non-hydrogen) atoms. The first-order chi connectivity index (χ1) is 8.69. The normalized spacial score (nSPS) is 10.6. The van der Waals surface area contributed by atoms with E-state index in [0.717, 1.165) is 29.5 Å². The van der Waals surface area contributed by atoms with Gasteiger partial charge in [0.25, 0.3) is 0 Å². The number of nitrogens with zero attached hydrogens (tertiary/aromatic N) is 3. The van der Waals surface area contributed by atoms with Crippen LogP contribution in [-0.4, -0.2) is 21.8 Å². The van der Waals surface area contributed by atoms with E-state index in [0.29, 0.717) is 6.61 Å². The van der Waals surface area contributed by atoms with Crippen LogP contribution in [0.5, 0.6) is 5.88 Å². The summed E-state index contributed by atoms with van der Waals surface area (Å²) in [5.74, 6) is 0.758. The van der Waals surface area contributed by atoms with E-state index in [2.05, 4.69) is 15.4 Å². The average Bonchev–Trinajstić information content (AvgIpc) is 2.66. The molecule has 0 aliphatic heterocycles. The van der Waals surface area contributed by atoms with Crippen LogP contribution in [0.1, 0.15) is 17.1 Å². The highest BCUT2D eigenvalue weighted by atomic mass is 16.5. The fourth-order valence-electron chi connectivity index (χ4n) is 1.76. The third kappa shape index (κ3) is 3.07. The molecule has 0 spiro atoms. The van der Waals surface area contributed by atoms with Crippen molar-refractivity contribution in [1.82, 2.24) is 20.1 Å². The number of aryl methyl sites for hydroxylation is 2. The summed E-state index contributed by atoms with van der Waals surface area (Å²) >= 11 is 0. The van der Waals surface area contributed by atoms with Crippen LogP contribution >= 0.6 is 0 Å². The molecule has 2 aromatic rings.